The highest BCUT2D eigenvalue weighted by atomic mass is 32.1. The first-order chi connectivity index (χ1) is 16.9. The average molecular weight is 506 g/mol. The van der Waals surface area contributed by atoms with Gasteiger partial charge in [0.1, 0.15) is 11.8 Å². The van der Waals surface area contributed by atoms with Gasteiger partial charge in [-0.05, 0) is 66.6 Å². The molecule has 0 spiro atoms. The fourth-order valence-corrected chi connectivity index (χ4v) is 6.99. The Labute approximate surface area is 210 Å². The molecule has 4 aromatic rings. The molecule has 8 heteroatoms. The maximum atomic E-state index is 14.0. The molecule has 4 atom stereocenters. The van der Waals surface area contributed by atoms with Crippen molar-refractivity contribution >= 4 is 40.3 Å². The number of aryl methyl sites for hydroxylation is 2. The van der Waals surface area contributed by atoms with Gasteiger partial charge in [0.25, 0.3) is 5.91 Å². The summed E-state index contributed by atoms with van der Waals surface area (Å²) < 4.78 is 5.70. The number of hydrogen-bond donors (Lipinski definition) is 1. The lowest BCUT2D eigenvalue weighted by Gasteiger charge is -2.29. The molecule has 1 fully saturated rings. The number of likely N-dealkylation sites (tertiary alicyclic amines) is 1. The molecule has 0 aliphatic carbocycles. The molecule has 1 N–H and O–H groups in total. The lowest BCUT2D eigenvalue weighted by atomic mass is 9.80. The van der Waals surface area contributed by atoms with Crippen molar-refractivity contribution in [3.63, 3.8) is 0 Å². The number of ketones is 1. The van der Waals surface area contributed by atoms with Crippen molar-refractivity contribution in [1.82, 2.24) is 4.90 Å². The zero-order valence-corrected chi connectivity index (χ0v) is 20.7. The van der Waals surface area contributed by atoms with Gasteiger partial charge in [0.15, 0.2) is 5.76 Å². The highest BCUT2D eigenvalue weighted by molar-refractivity contribution is 7.10. The van der Waals surface area contributed by atoms with Crippen molar-refractivity contribution in [2.24, 2.45) is 5.92 Å². The molecule has 5 rings (SSSR count). The Morgan fingerprint density at radius 1 is 0.914 bits per heavy atom. The number of carbonyl (C=O) groups excluding carboxylic acids is 2. The van der Waals surface area contributed by atoms with E-state index in [1.807, 2.05) is 35.9 Å². The number of nitrogens with zero attached hydrogens (tertiary/aromatic N) is 1. The zero-order valence-electron chi connectivity index (χ0n) is 19.1. The Bertz CT molecular complexity index is 1370. The summed E-state index contributed by atoms with van der Waals surface area (Å²) in [5, 5.41) is 14.3. The Morgan fingerprint density at radius 3 is 2.26 bits per heavy atom. The number of Topliss-reactive ketones (excluding diaryl/α,β-unsaturated/α-hetero) is 1. The van der Waals surface area contributed by atoms with Crippen LogP contribution in [0.2, 0.25) is 0 Å². The van der Waals surface area contributed by atoms with Crippen molar-refractivity contribution in [3.8, 4) is 0 Å². The predicted molar refractivity (Wildman–Crippen MR) is 134 cm³/mol. The van der Waals surface area contributed by atoms with Crippen LogP contribution >= 0.6 is 22.7 Å². The largest absolute Gasteiger partial charge is 0.480 e. The van der Waals surface area contributed by atoms with E-state index >= 15 is 0 Å². The van der Waals surface area contributed by atoms with Gasteiger partial charge in [-0.25, -0.2) is 4.79 Å². The second-order valence-corrected chi connectivity index (χ2v) is 10.5. The fraction of sp³-hybridized carbons (Fsp3) is 0.222. The van der Waals surface area contributed by atoms with Crippen LogP contribution in [0.4, 0.5) is 0 Å². The zero-order chi connectivity index (χ0) is 24.7. The number of carboxylic acids is 1. The van der Waals surface area contributed by atoms with Crippen molar-refractivity contribution in [1.29, 1.82) is 0 Å². The van der Waals surface area contributed by atoms with Crippen molar-refractivity contribution in [2.45, 2.75) is 31.8 Å². The predicted octanol–water partition coefficient (Wildman–Crippen LogP) is 5.95. The molecule has 1 amide bonds. The van der Waals surface area contributed by atoms with Crippen LogP contribution in [-0.2, 0) is 4.79 Å². The first-order valence-electron chi connectivity index (χ1n) is 11.2. The standard InChI is InChI=1S/C27H23NO5S2/c1-15-12-14-35-25(15)21-20(24(29)18-11-10-16(2)33-18)22(19-9-6-13-34-19)28(23(21)27(31)32)26(30)17-7-4-3-5-8-17/h3-14,20-23H,1-2H3,(H,31,32). The normalized spacial score (nSPS) is 21.8. The van der Waals surface area contributed by atoms with E-state index in [9.17, 15) is 19.5 Å². The molecule has 1 aliphatic rings. The van der Waals surface area contributed by atoms with E-state index in [2.05, 4.69) is 0 Å². The summed E-state index contributed by atoms with van der Waals surface area (Å²) in [5.74, 6) is -2.65. The second-order valence-electron chi connectivity index (χ2n) is 8.62. The Kier molecular flexibility index (Phi) is 6.17. The molecule has 1 saturated heterocycles. The van der Waals surface area contributed by atoms with Crippen molar-refractivity contribution < 1.29 is 23.9 Å². The number of carboxylic acid groups (broad SMARTS) is 1. The van der Waals surface area contributed by atoms with Gasteiger partial charge in [0.05, 0.1) is 12.0 Å². The Balaban J connectivity index is 1.75. The van der Waals surface area contributed by atoms with Gasteiger partial charge < -0.3 is 14.4 Å². The van der Waals surface area contributed by atoms with Crippen LogP contribution in [0.15, 0.2) is 75.8 Å². The van der Waals surface area contributed by atoms with Crippen LogP contribution in [0.1, 0.15) is 54.0 Å². The van der Waals surface area contributed by atoms with Crippen molar-refractivity contribution in [3.05, 3.63) is 104 Å². The molecular formula is C27H23NO5S2. The van der Waals surface area contributed by atoms with Crippen molar-refractivity contribution in [2.75, 3.05) is 0 Å². The number of carbonyl (C=O) groups is 3. The topological polar surface area (TPSA) is 87.8 Å². The lowest BCUT2D eigenvalue weighted by Crippen LogP contribution is -2.43. The summed E-state index contributed by atoms with van der Waals surface area (Å²) >= 11 is 2.83. The van der Waals surface area contributed by atoms with E-state index in [0.717, 1.165) is 15.3 Å². The molecular weight excluding hydrogens is 482 g/mol. The van der Waals surface area contributed by atoms with Gasteiger partial charge in [-0.3, -0.25) is 9.59 Å². The minimum absolute atomic E-state index is 0.173. The number of amides is 1. The molecule has 35 heavy (non-hydrogen) atoms. The van der Waals surface area contributed by atoms with E-state index in [1.165, 1.54) is 27.6 Å². The molecule has 4 unspecified atom stereocenters. The second kappa shape index (κ2) is 9.28. The van der Waals surface area contributed by atoms with E-state index in [0.29, 0.717) is 11.3 Å². The third-order valence-corrected chi connectivity index (χ3v) is 8.56. The third-order valence-electron chi connectivity index (χ3n) is 6.50. The highest BCUT2D eigenvalue weighted by Gasteiger charge is 2.59. The third kappa shape index (κ3) is 4.02. The van der Waals surface area contributed by atoms with Gasteiger partial charge in [0.2, 0.25) is 5.78 Å². The van der Waals surface area contributed by atoms with Crippen LogP contribution < -0.4 is 0 Å². The smallest absolute Gasteiger partial charge is 0.327 e. The fourth-order valence-electron chi connectivity index (χ4n) is 5.01. The average Bonchev–Trinajstić information content (AvgIpc) is 3.64. The van der Waals surface area contributed by atoms with Gasteiger partial charge in [-0.2, -0.15) is 0 Å². The van der Waals surface area contributed by atoms with E-state index < -0.39 is 35.8 Å². The number of furan rings is 1. The molecule has 0 bridgehead atoms. The van der Waals surface area contributed by atoms with E-state index in [1.54, 1.807) is 49.4 Å². The van der Waals surface area contributed by atoms with E-state index in [-0.39, 0.29) is 11.5 Å². The van der Waals surface area contributed by atoms with Crippen LogP contribution in [0.3, 0.4) is 0 Å². The van der Waals surface area contributed by atoms with Gasteiger partial charge in [0, 0.05) is 21.2 Å². The van der Waals surface area contributed by atoms with Crippen LogP contribution in [0, 0.1) is 19.8 Å². The van der Waals surface area contributed by atoms with E-state index in [4.69, 9.17) is 4.42 Å². The summed E-state index contributed by atoms with van der Waals surface area (Å²) in [7, 11) is 0. The molecule has 3 aromatic heterocycles. The monoisotopic (exact) mass is 505 g/mol. The lowest BCUT2D eigenvalue weighted by molar-refractivity contribution is -0.142. The summed E-state index contributed by atoms with van der Waals surface area (Å²) in [4.78, 5) is 43.8. The summed E-state index contributed by atoms with van der Waals surface area (Å²) in [5.41, 5.74) is 1.28. The minimum atomic E-state index is -1.22. The van der Waals surface area contributed by atoms with Crippen LogP contribution in [0.25, 0.3) is 0 Å². The van der Waals surface area contributed by atoms with Gasteiger partial charge in [-0.15, -0.1) is 22.7 Å². The summed E-state index contributed by atoms with van der Waals surface area (Å²) in [6.07, 6.45) is 0. The minimum Gasteiger partial charge on any atom is -0.480 e. The molecule has 178 valence electrons. The maximum Gasteiger partial charge on any atom is 0.327 e. The van der Waals surface area contributed by atoms with Crippen LogP contribution in [0.5, 0.6) is 0 Å². The summed E-state index contributed by atoms with van der Waals surface area (Å²) in [6.45, 7) is 3.67. The highest BCUT2D eigenvalue weighted by Crippen LogP contribution is 2.54. The Hall–Kier alpha value is -3.49. The SMILES string of the molecule is Cc1ccc(C(=O)C2C(c3sccc3C)C(C(=O)O)N(C(=O)c3ccccc3)C2c2cccs2)o1. The molecule has 0 radical (unpaired) electrons. The van der Waals surface area contributed by atoms with Crippen LogP contribution in [-0.4, -0.2) is 33.7 Å². The first kappa shape index (κ1) is 23.3. The number of aliphatic carboxylic acids is 1. The number of benzene rings is 1. The molecule has 0 saturated carbocycles. The molecule has 4 heterocycles. The number of rotatable bonds is 6. The molecule has 1 aliphatic heterocycles. The first-order valence-corrected chi connectivity index (χ1v) is 12.9. The maximum absolute atomic E-state index is 14.0. The molecule has 6 nitrogen and oxygen atoms in total. The number of hydrogen-bond acceptors (Lipinski definition) is 6. The quantitative estimate of drug-likeness (QED) is 0.327. The summed E-state index contributed by atoms with van der Waals surface area (Å²) in [6, 6.07) is 15.6. The molecule has 1 aromatic carbocycles. The number of thiophene rings is 2. The Morgan fingerprint density at radius 2 is 1.69 bits per heavy atom. The van der Waals surface area contributed by atoms with Gasteiger partial charge >= 0.3 is 5.97 Å². The van der Waals surface area contributed by atoms with Gasteiger partial charge in [-0.1, -0.05) is 24.3 Å².